The van der Waals surface area contributed by atoms with Gasteiger partial charge in [0.2, 0.25) is 5.91 Å². The quantitative estimate of drug-likeness (QED) is 0.865. The van der Waals surface area contributed by atoms with Gasteiger partial charge in [0.25, 0.3) is 5.91 Å². The highest BCUT2D eigenvalue weighted by Crippen LogP contribution is 2.38. The average Bonchev–Trinajstić information content (AvgIpc) is 2.60. The van der Waals surface area contributed by atoms with Crippen LogP contribution in [0.4, 0.5) is 11.4 Å². The van der Waals surface area contributed by atoms with Gasteiger partial charge in [0.1, 0.15) is 18.0 Å². The molecule has 7 heteroatoms. The minimum atomic E-state index is -1.06. The van der Waals surface area contributed by atoms with Crippen LogP contribution in [0.3, 0.4) is 0 Å². The van der Waals surface area contributed by atoms with Crippen LogP contribution in [0.1, 0.15) is 19.4 Å². The predicted molar refractivity (Wildman–Crippen MR) is 105 cm³/mol. The molecular formula is C20H21ClN2O4. The second-order valence-electron chi connectivity index (χ2n) is 6.87. The summed E-state index contributed by atoms with van der Waals surface area (Å²) in [5.41, 5.74) is 0.926. The molecule has 2 aromatic rings. The lowest BCUT2D eigenvalue weighted by molar-refractivity contribution is -0.133. The average molecular weight is 389 g/mol. The molecule has 27 heavy (non-hydrogen) atoms. The molecular weight excluding hydrogens is 368 g/mol. The number of nitrogens with one attached hydrogen (secondary N) is 1. The number of anilines is 2. The zero-order chi connectivity index (χ0) is 19.8. The lowest BCUT2D eigenvalue weighted by atomic mass is 10.0. The zero-order valence-corrected chi connectivity index (χ0v) is 16.4. The van der Waals surface area contributed by atoms with E-state index in [1.165, 1.54) is 12.0 Å². The highest BCUT2D eigenvalue weighted by atomic mass is 35.5. The maximum Gasteiger partial charge on any atom is 0.271 e. The number of carbonyl (C=O) groups is 2. The Labute approximate surface area is 163 Å². The van der Waals surface area contributed by atoms with E-state index in [-0.39, 0.29) is 18.4 Å². The van der Waals surface area contributed by atoms with Crippen LogP contribution >= 0.6 is 11.6 Å². The lowest BCUT2D eigenvalue weighted by Gasteiger charge is -2.38. The summed E-state index contributed by atoms with van der Waals surface area (Å²) >= 11 is 6.01. The van der Waals surface area contributed by atoms with Crippen molar-refractivity contribution in [1.29, 1.82) is 0 Å². The summed E-state index contributed by atoms with van der Waals surface area (Å²) in [5.74, 6) is 0.402. The van der Waals surface area contributed by atoms with Gasteiger partial charge in [-0.3, -0.25) is 14.5 Å². The second-order valence-corrected chi connectivity index (χ2v) is 7.30. The van der Waals surface area contributed by atoms with Crippen molar-refractivity contribution in [2.75, 3.05) is 23.9 Å². The van der Waals surface area contributed by atoms with E-state index in [1.54, 1.807) is 32.0 Å². The van der Waals surface area contributed by atoms with Crippen LogP contribution in [0.15, 0.2) is 36.4 Å². The van der Waals surface area contributed by atoms with Gasteiger partial charge >= 0.3 is 0 Å². The van der Waals surface area contributed by atoms with Gasteiger partial charge in [0, 0.05) is 5.02 Å². The maximum atomic E-state index is 12.9. The maximum absolute atomic E-state index is 12.9. The van der Waals surface area contributed by atoms with Crippen molar-refractivity contribution >= 4 is 34.8 Å². The van der Waals surface area contributed by atoms with Crippen LogP contribution in [0, 0.1) is 6.92 Å². The van der Waals surface area contributed by atoms with E-state index in [2.05, 4.69) is 5.32 Å². The molecule has 0 unspecified atom stereocenters. The predicted octanol–water partition coefficient (Wildman–Crippen LogP) is 3.80. The van der Waals surface area contributed by atoms with E-state index in [0.29, 0.717) is 27.9 Å². The highest BCUT2D eigenvalue weighted by Gasteiger charge is 2.41. The molecule has 6 nitrogen and oxygen atoms in total. The summed E-state index contributed by atoms with van der Waals surface area (Å²) in [4.78, 5) is 27.0. The third-order valence-electron chi connectivity index (χ3n) is 4.27. The molecule has 0 aliphatic carbocycles. The molecule has 1 aliphatic heterocycles. The largest absolute Gasteiger partial charge is 0.495 e. The fraction of sp³-hybridized carbons (Fsp3) is 0.300. The Kier molecular flexibility index (Phi) is 5.02. The molecule has 0 saturated heterocycles. The van der Waals surface area contributed by atoms with E-state index in [1.807, 2.05) is 25.1 Å². The molecule has 2 aromatic carbocycles. The third kappa shape index (κ3) is 3.85. The highest BCUT2D eigenvalue weighted by molar-refractivity contribution is 6.31. The second kappa shape index (κ2) is 7.12. The number of carbonyl (C=O) groups excluding carboxylic acids is 2. The van der Waals surface area contributed by atoms with Crippen molar-refractivity contribution in [3.8, 4) is 11.5 Å². The normalized spacial score (nSPS) is 15.0. The molecule has 1 heterocycles. The van der Waals surface area contributed by atoms with Gasteiger partial charge in [-0.05, 0) is 56.7 Å². The summed E-state index contributed by atoms with van der Waals surface area (Å²) in [6, 6.07) is 10.5. The van der Waals surface area contributed by atoms with Gasteiger partial charge in [-0.15, -0.1) is 0 Å². The van der Waals surface area contributed by atoms with Crippen LogP contribution < -0.4 is 19.7 Å². The fourth-order valence-corrected chi connectivity index (χ4v) is 3.12. The summed E-state index contributed by atoms with van der Waals surface area (Å²) in [6.07, 6.45) is 0. The molecule has 0 spiro atoms. The lowest BCUT2D eigenvalue weighted by Crippen LogP contribution is -2.54. The first-order valence-electron chi connectivity index (χ1n) is 8.46. The van der Waals surface area contributed by atoms with Crippen molar-refractivity contribution in [2.45, 2.75) is 26.4 Å². The van der Waals surface area contributed by atoms with Gasteiger partial charge in [-0.25, -0.2) is 0 Å². The number of benzene rings is 2. The number of ether oxygens (including phenoxy) is 2. The Morgan fingerprint density at radius 1 is 1.26 bits per heavy atom. The first-order chi connectivity index (χ1) is 12.7. The van der Waals surface area contributed by atoms with Crippen molar-refractivity contribution in [3.63, 3.8) is 0 Å². The standard InChI is InChI=1S/C20H21ClN2O4/c1-12-5-7-17-15(9-12)23(19(25)20(2,3)27-17)11-18(24)22-14-10-13(21)6-8-16(14)26-4/h5-10H,11H2,1-4H3,(H,22,24). The van der Waals surface area contributed by atoms with Crippen LogP contribution in [0.5, 0.6) is 11.5 Å². The van der Waals surface area contributed by atoms with Gasteiger partial charge in [-0.2, -0.15) is 0 Å². The van der Waals surface area contributed by atoms with E-state index >= 15 is 0 Å². The van der Waals surface area contributed by atoms with Crippen LogP contribution in [0.2, 0.25) is 5.02 Å². The summed E-state index contributed by atoms with van der Waals surface area (Å²) in [7, 11) is 1.51. The Hall–Kier alpha value is -2.73. The third-order valence-corrected chi connectivity index (χ3v) is 4.50. The molecule has 0 radical (unpaired) electrons. The molecule has 142 valence electrons. The molecule has 3 rings (SSSR count). The molecule has 1 aliphatic rings. The number of hydrogen-bond acceptors (Lipinski definition) is 4. The van der Waals surface area contributed by atoms with E-state index in [9.17, 15) is 9.59 Å². The van der Waals surface area contributed by atoms with E-state index < -0.39 is 5.60 Å². The molecule has 1 N–H and O–H groups in total. The van der Waals surface area contributed by atoms with Crippen LogP contribution in [-0.2, 0) is 9.59 Å². The van der Waals surface area contributed by atoms with Crippen LogP contribution in [-0.4, -0.2) is 31.1 Å². The molecule has 0 bridgehead atoms. The molecule has 0 aromatic heterocycles. The van der Waals surface area contributed by atoms with Gasteiger partial charge in [0.05, 0.1) is 18.5 Å². The number of halogens is 1. The Morgan fingerprint density at radius 3 is 2.70 bits per heavy atom. The van der Waals surface area contributed by atoms with Gasteiger partial charge < -0.3 is 14.8 Å². The smallest absolute Gasteiger partial charge is 0.271 e. The topological polar surface area (TPSA) is 67.9 Å². The first-order valence-corrected chi connectivity index (χ1v) is 8.84. The monoisotopic (exact) mass is 388 g/mol. The van der Waals surface area contributed by atoms with Crippen molar-refractivity contribution in [1.82, 2.24) is 0 Å². The summed E-state index contributed by atoms with van der Waals surface area (Å²) in [6.45, 7) is 5.13. The molecule has 0 saturated carbocycles. The fourth-order valence-electron chi connectivity index (χ4n) is 2.95. The van der Waals surface area contributed by atoms with Crippen molar-refractivity contribution < 1.29 is 19.1 Å². The van der Waals surface area contributed by atoms with Crippen molar-refractivity contribution in [3.05, 3.63) is 47.0 Å². The Morgan fingerprint density at radius 2 is 2.00 bits per heavy atom. The number of rotatable bonds is 4. The Balaban J connectivity index is 1.88. The molecule has 0 atom stereocenters. The molecule has 0 fully saturated rings. The minimum Gasteiger partial charge on any atom is -0.495 e. The minimum absolute atomic E-state index is 0.155. The SMILES string of the molecule is COc1ccc(Cl)cc1NC(=O)CN1C(=O)C(C)(C)Oc2ccc(C)cc21. The number of nitrogens with zero attached hydrogens (tertiary/aromatic N) is 1. The van der Waals surface area contributed by atoms with Crippen molar-refractivity contribution in [2.24, 2.45) is 0 Å². The van der Waals surface area contributed by atoms with Gasteiger partial charge in [0.15, 0.2) is 5.60 Å². The number of hydrogen-bond donors (Lipinski definition) is 1. The molecule has 2 amide bonds. The number of aryl methyl sites for hydroxylation is 1. The summed E-state index contributed by atoms with van der Waals surface area (Å²) in [5, 5.41) is 3.23. The number of methoxy groups -OCH3 is 1. The summed E-state index contributed by atoms with van der Waals surface area (Å²) < 4.78 is 11.1. The number of fused-ring (bicyclic) bond motifs is 1. The first kappa shape index (κ1) is 19.0. The zero-order valence-electron chi connectivity index (χ0n) is 15.6. The number of amides is 2. The van der Waals surface area contributed by atoms with E-state index in [4.69, 9.17) is 21.1 Å². The Bertz CT molecular complexity index is 911. The van der Waals surface area contributed by atoms with E-state index in [0.717, 1.165) is 5.56 Å². The van der Waals surface area contributed by atoms with Crippen LogP contribution in [0.25, 0.3) is 0 Å². The van der Waals surface area contributed by atoms with Gasteiger partial charge in [-0.1, -0.05) is 17.7 Å².